The van der Waals surface area contributed by atoms with Gasteiger partial charge in [-0.15, -0.1) is 0 Å². The summed E-state index contributed by atoms with van der Waals surface area (Å²) in [5.41, 5.74) is 1.18. The molecule has 0 aliphatic rings. The Morgan fingerprint density at radius 1 is 1.25 bits per heavy atom. The minimum atomic E-state index is -0.0249. The molecular formula is C13H18NO2-. The van der Waals surface area contributed by atoms with Gasteiger partial charge in [-0.05, 0) is 30.7 Å². The Kier molecular flexibility index (Phi) is 6.26. The van der Waals surface area contributed by atoms with Crippen molar-refractivity contribution in [2.45, 2.75) is 25.9 Å². The first kappa shape index (κ1) is 12.7. The van der Waals surface area contributed by atoms with Gasteiger partial charge in [-0.2, -0.15) is 0 Å². The molecule has 0 saturated heterocycles. The Balaban J connectivity index is 2.01. The predicted molar refractivity (Wildman–Crippen MR) is 63.3 cm³/mol. The van der Waals surface area contributed by atoms with Gasteiger partial charge >= 0.3 is 0 Å². The van der Waals surface area contributed by atoms with Crippen LogP contribution in [0, 0.1) is 0 Å². The number of benzene rings is 1. The summed E-state index contributed by atoms with van der Waals surface area (Å²) in [6.45, 7) is 1.35. The number of hydrogen-bond acceptors (Lipinski definition) is 3. The highest BCUT2D eigenvalue weighted by Crippen LogP contribution is 2.02. The molecule has 0 unspecified atom stereocenters. The normalized spacial score (nSPS) is 11.7. The molecule has 3 heteroatoms. The van der Waals surface area contributed by atoms with Crippen LogP contribution >= 0.6 is 0 Å². The lowest BCUT2D eigenvalue weighted by atomic mass is 10.2. The molecule has 0 bridgehead atoms. The van der Waals surface area contributed by atoms with Gasteiger partial charge in [-0.1, -0.05) is 30.3 Å². The fourth-order valence-electron chi connectivity index (χ4n) is 1.36. The standard InChI is InChI=1S/C13H19NO2/c1-14-13(15)9-5-6-10-16-11-12-7-3-2-4-8-12/h2-4,7-8H,5-6,9-11H2,1H3,(H,14,15)/p-1. The highest BCUT2D eigenvalue weighted by Gasteiger charge is 1.92. The van der Waals surface area contributed by atoms with Gasteiger partial charge in [0.15, 0.2) is 0 Å². The first-order valence-corrected chi connectivity index (χ1v) is 5.57. The molecule has 0 aliphatic heterocycles. The van der Waals surface area contributed by atoms with E-state index >= 15 is 0 Å². The van der Waals surface area contributed by atoms with Gasteiger partial charge in [0.05, 0.1) is 6.61 Å². The minimum Gasteiger partial charge on any atom is -0.862 e. The lowest BCUT2D eigenvalue weighted by Gasteiger charge is -2.08. The molecule has 3 nitrogen and oxygen atoms in total. The summed E-state index contributed by atoms with van der Waals surface area (Å²) in [6, 6.07) is 10.1. The van der Waals surface area contributed by atoms with Crippen LogP contribution in [-0.2, 0) is 11.3 Å². The molecule has 0 spiro atoms. The first-order chi connectivity index (χ1) is 7.83. The minimum absolute atomic E-state index is 0.0249. The van der Waals surface area contributed by atoms with Crippen LogP contribution < -0.4 is 5.11 Å². The van der Waals surface area contributed by atoms with Gasteiger partial charge in [-0.3, -0.25) is 0 Å². The van der Waals surface area contributed by atoms with Gasteiger partial charge in [0.2, 0.25) is 0 Å². The Bertz CT molecular complexity index is 309. The Morgan fingerprint density at radius 2 is 2.00 bits per heavy atom. The predicted octanol–water partition coefficient (Wildman–Crippen LogP) is 1.76. The highest BCUT2D eigenvalue weighted by atomic mass is 16.5. The molecule has 0 atom stereocenters. The maximum absolute atomic E-state index is 10.9. The zero-order chi connectivity index (χ0) is 11.6. The number of nitrogens with zero attached hydrogens (tertiary/aromatic N) is 1. The van der Waals surface area contributed by atoms with Gasteiger partial charge in [0.1, 0.15) is 0 Å². The molecule has 1 aromatic rings. The van der Waals surface area contributed by atoms with Crippen molar-refractivity contribution in [3.05, 3.63) is 35.9 Å². The molecule has 88 valence electrons. The van der Waals surface area contributed by atoms with Crippen molar-refractivity contribution in [2.24, 2.45) is 4.99 Å². The third kappa shape index (κ3) is 5.51. The molecule has 0 aromatic heterocycles. The first-order valence-electron chi connectivity index (χ1n) is 5.57. The number of aliphatic imine (C=N–C) groups is 1. The molecule has 0 fully saturated rings. The van der Waals surface area contributed by atoms with Crippen LogP contribution in [0.2, 0.25) is 0 Å². The fourth-order valence-corrected chi connectivity index (χ4v) is 1.36. The highest BCUT2D eigenvalue weighted by molar-refractivity contribution is 5.70. The second-order valence-corrected chi connectivity index (χ2v) is 3.61. The summed E-state index contributed by atoms with van der Waals surface area (Å²) in [5, 5.41) is 10.9. The molecule has 0 amide bonds. The van der Waals surface area contributed by atoms with Crippen molar-refractivity contribution in [3.63, 3.8) is 0 Å². The van der Waals surface area contributed by atoms with Gasteiger partial charge in [-0.25, -0.2) is 0 Å². The van der Waals surface area contributed by atoms with Crippen LogP contribution in [0.15, 0.2) is 35.3 Å². The SMILES string of the molecule is CN=C([O-])CCCCOCc1ccccc1. The average Bonchev–Trinajstić information content (AvgIpc) is 2.34. The topological polar surface area (TPSA) is 44.7 Å². The van der Waals surface area contributed by atoms with E-state index in [1.807, 2.05) is 30.3 Å². The van der Waals surface area contributed by atoms with Gasteiger partial charge in [0.25, 0.3) is 0 Å². The van der Waals surface area contributed by atoms with Crippen molar-refractivity contribution in [2.75, 3.05) is 13.7 Å². The summed E-state index contributed by atoms with van der Waals surface area (Å²) in [5.74, 6) is -0.0249. The van der Waals surface area contributed by atoms with Crippen LogP contribution in [0.1, 0.15) is 24.8 Å². The lowest BCUT2D eigenvalue weighted by molar-refractivity contribution is -0.219. The maximum atomic E-state index is 10.9. The van der Waals surface area contributed by atoms with E-state index in [0.29, 0.717) is 19.6 Å². The van der Waals surface area contributed by atoms with E-state index < -0.39 is 0 Å². The van der Waals surface area contributed by atoms with Crippen LogP contribution in [0.3, 0.4) is 0 Å². The maximum Gasteiger partial charge on any atom is 0.0716 e. The second kappa shape index (κ2) is 7.88. The third-order valence-corrected chi connectivity index (χ3v) is 2.29. The third-order valence-electron chi connectivity index (χ3n) is 2.29. The Hall–Kier alpha value is -1.35. The molecule has 0 saturated carbocycles. The van der Waals surface area contributed by atoms with E-state index in [0.717, 1.165) is 12.8 Å². The summed E-state index contributed by atoms with van der Waals surface area (Å²) in [4.78, 5) is 3.57. The van der Waals surface area contributed by atoms with Crippen molar-refractivity contribution in [3.8, 4) is 0 Å². The van der Waals surface area contributed by atoms with Gasteiger partial charge in [0, 0.05) is 13.7 Å². The second-order valence-electron chi connectivity index (χ2n) is 3.61. The smallest absolute Gasteiger partial charge is 0.0716 e. The van der Waals surface area contributed by atoms with Crippen LogP contribution in [-0.4, -0.2) is 19.6 Å². The van der Waals surface area contributed by atoms with Crippen molar-refractivity contribution in [1.29, 1.82) is 0 Å². The summed E-state index contributed by atoms with van der Waals surface area (Å²) in [6.07, 6.45) is 2.30. The summed E-state index contributed by atoms with van der Waals surface area (Å²) >= 11 is 0. The van der Waals surface area contributed by atoms with E-state index in [4.69, 9.17) is 4.74 Å². The lowest BCUT2D eigenvalue weighted by Crippen LogP contribution is -2.16. The Labute approximate surface area is 96.8 Å². The summed E-state index contributed by atoms with van der Waals surface area (Å²) < 4.78 is 5.49. The molecule has 0 heterocycles. The van der Waals surface area contributed by atoms with Gasteiger partial charge < -0.3 is 14.8 Å². The van der Waals surface area contributed by atoms with Crippen molar-refractivity contribution >= 4 is 5.90 Å². The van der Waals surface area contributed by atoms with E-state index in [2.05, 4.69) is 4.99 Å². The molecule has 0 radical (unpaired) electrons. The van der Waals surface area contributed by atoms with Crippen molar-refractivity contribution in [1.82, 2.24) is 0 Å². The molecule has 0 N–H and O–H groups in total. The van der Waals surface area contributed by atoms with Crippen LogP contribution in [0.5, 0.6) is 0 Å². The largest absolute Gasteiger partial charge is 0.862 e. The molecule has 16 heavy (non-hydrogen) atoms. The number of hydrogen-bond donors (Lipinski definition) is 0. The Morgan fingerprint density at radius 3 is 2.69 bits per heavy atom. The molecule has 1 rings (SSSR count). The number of ether oxygens (including phenoxy) is 1. The number of rotatable bonds is 7. The monoisotopic (exact) mass is 220 g/mol. The fraction of sp³-hybridized carbons (Fsp3) is 0.462. The zero-order valence-corrected chi connectivity index (χ0v) is 9.69. The average molecular weight is 220 g/mol. The van der Waals surface area contributed by atoms with E-state index in [1.165, 1.54) is 12.6 Å². The van der Waals surface area contributed by atoms with Crippen molar-refractivity contribution < 1.29 is 9.84 Å². The van der Waals surface area contributed by atoms with E-state index in [-0.39, 0.29) is 5.90 Å². The van der Waals surface area contributed by atoms with E-state index in [1.54, 1.807) is 0 Å². The molecular weight excluding hydrogens is 202 g/mol. The van der Waals surface area contributed by atoms with Crippen LogP contribution in [0.4, 0.5) is 0 Å². The number of unbranched alkanes of at least 4 members (excludes halogenated alkanes) is 1. The van der Waals surface area contributed by atoms with E-state index in [9.17, 15) is 5.11 Å². The molecule has 1 aromatic carbocycles. The quantitative estimate of drug-likeness (QED) is 0.399. The van der Waals surface area contributed by atoms with Crippen LogP contribution in [0.25, 0.3) is 0 Å². The summed E-state index contributed by atoms with van der Waals surface area (Å²) in [7, 11) is 1.54. The molecule has 0 aliphatic carbocycles. The zero-order valence-electron chi connectivity index (χ0n) is 9.69.